The molecule has 1 aliphatic rings. The van der Waals surface area contributed by atoms with Gasteiger partial charge in [0.2, 0.25) is 5.95 Å². The Morgan fingerprint density at radius 1 is 1.07 bits per heavy atom. The molecule has 7 nitrogen and oxygen atoms in total. The number of carboxylic acids is 1. The van der Waals surface area contributed by atoms with Crippen molar-refractivity contribution in [3.63, 3.8) is 0 Å². The summed E-state index contributed by atoms with van der Waals surface area (Å²) in [7, 11) is 0. The fraction of sp³-hybridized carbons (Fsp3) is 0.143. The van der Waals surface area contributed by atoms with Crippen LogP contribution in [0.4, 0.5) is 5.95 Å². The molecule has 0 bridgehead atoms. The van der Waals surface area contributed by atoms with E-state index in [4.69, 9.17) is 10.8 Å². The first-order valence-corrected chi connectivity index (χ1v) is 8.35. The zero-order chi connectivity index (χ0) is 19.0. The van der Waals surface area contributed by atoms with Gasteiger partial charge < -0.3 is 15.7 Å². The average molecular weight is 376 g/mol. The van der Waals surface area contributed by atoms with E-state index in [1.807, 2.05) is 24.3 Å². The topological polar surface area (TPSA) is 109 Å². The Kier molecular flexibility index (Phi) is 5.08. The second-order valence-corrected chi connectivity index (χ2v) is 6.31. The summed E-state index contributed by atoms with van der Waals surface area (Å²) in [4.78, 5) is 33.9. The number of nitrogens with zero attached hydrogens (tertiary/aromatic N) is 3. The summed E-state index contributed by atoms with van der Waals surface area (Å²) in [6, 6.07) is 13.0. The van der Waals surface area contributed by atoms with Crippen LogP contribution in [-0.2, 0) is 17.9 Å². The van der Waals surface area contributed by atoms with Gasteiger partial charge in [0, 0.05) is 24.6 Å². The maximum absolute atomic E-state index is 13.1. The normalized spacial score (nSPS) is 12.8. The minimum atomic E-state index is -1.05. The van der Waals surface area contributed by atoms with Gasteiger partial charge in [-0.25, -0.2) is 14.8 Å². The Morgan fingerprint density at radius 2 is 1.75 bits per heavy atom. The van der Waals surface area contributed by atoms with Crippen LogP contribution in [0, 0.1) is 0 Å². The number of hydrogen-bond donors (Lipinski definition) is 2. The fourth-order valence-corrected chi connectivity index (χ4v) is 3.22. The molecule has 0 atom stereocenters. The third kappa shape index (κ3) is 3.55. The van der Waals surface area contributed by atoms with Gasteiger partial charge in [-0.15, -0.1) is 0 Å². The Morgan fingerprint density at radius 3 is 2.39 bits per heavy atom. The number of carbonyl (C=O) groups is 2. The van der Waals surface area contributed by atoms with E-state index < -0.39 is 5.97 Å². The number of carbonyl (C=O) groups excluding carboxylic acids is 1. The molecule has 0 saturated heterocycles. The maximum atomic E-state index is 13.1. The van der Waals surface area contributed by atoms with Crippen LogP contribution in [0.15, 0.2) is 48.5 Å². The van der Waals surface area contributed by atoms with E-state index >= 15 is 0 Å². The number of nitrogen functional groups attached to an aromatic ring is 1. The molecule has 3 aromatic rings. The number of carboxylic acid groups (broad SMARTS) is 1. The summed E-state index contributed by atoms with van der Waals surface area (Å²) < 4.78 is 0. The Balaban J connectivity index is 0.00000225. The van der Waals surface area contributed by atoms with Crippen LogP contribution in [0.1, 0.15) is 34.6 Å². The summed E-state index contributed by atoms with van der Waals surface area (Å²) in [6.07, 6.45) is 2.50. The van der Waals surface area contributed by atoms with E-state index in [0.29, 0.717) is 29.6 Å². The molecule has 0 saturated carbocycles. The first-order chi connectivity index (χ1) is 13.0. The molecule has 3 N–H and O–H groups in total. The van der Waals surface area contributed by atoms with Crippen molar-refractivity contribution in [2.45, 2.75) is 20.5 Å². The maximum Gasteiger partial charge on any atom is 0.328 e. The molecule has 0 radical (unpaired) electrons. The minimum Gasteiger partial charge on any atom is -0.478 e. The van der Waals surface area contributed by atoms with Gasteiger partial charge in [-0.05, 0) is 34.9 Å². The van der Waals surface area contributed by atoms with Crippen molar-refractivity contribution in [3.05, 3.63) is 70.9 Å². The monoisotopic (exact) mass is 376 g/mol. The van der Waals surface area contributed by atoms with Gasteiger partial charge in [-0.2, -0.15) is 0 Å². The Hall–Kier alpha value is -3.74. The fourth-order valence-electron chi connectivity index (χ4n) is 3.22. The van der Waals surface area contributed by atoms with Crippen LogP contribution < -0.4 is 5.73 Å². The van der Waals surface area contributed by atoms with Crippen molar-refractivity contribution < 1.29 is 14.7 Å². The molecule has 7 heteroatoms. The second-order valence-electron chi connectivity index (χ2n) is 6.31. The van der Waals surface area contributed by atoms with E-state index in [2.05, 4.69) is 9.97 Å². The quantitative estimate of drug-likeness (QED) is 0.680. The highest BCUT2D eigenvalue weighted by atomic mass is 16.4. The number of aromatic nitrogens is 2. The van der Waals surface area contributed by atoms with Crippen LogP contribution in [0.25, 0.3) is 17.0 Å². The van der Waals surface area contributed by atoms with E-state index in [0.717, 1.165) is 17.2 Å². The summed E-state index contributed by atoms with van der Waals surface area (Å²) in [5.41, 5.74) is 9.42. The van der Waals surface area contributed by atoms with Gasteiger partial charge in [-0.1, -0.05) is 37.8 Å². The van der Waals surface area contributed by atoms with E-state index in [9.17, 15) is 9.59 Å². The number of nitrogens with two attached hydrogens (primary N) is 1. The molecule has 1 aromatic heterocycles. The lowest BCUT2D eigenvalue weighted by Crippen LogP contribution is -2.27. The molecule has 0 aliphatic carbocycles. The molecule has 1 amide bonds. The number of hydrogen-bond acceptors (Lipinski definition) is 5. The molecule has 4 rings (SSSR count). The largest absolute Gasteiger partial charge is 0.478 e. The summed E-state index contributed by atoms with van der Waals surface area (Å²) in [5, 5.41) is 9.35. The van der Waals surface area contributed by atoms with E-state index in [-0.39, 0.29) is 25.0 Å². The predicted octanol–water partition coefficient (Wildman–Crippen LogP) is 3.10. The zero-order valence-electron chi connectivity index (χ0n) is 14.3. The van der Waals surface area contributed by atoms with Crippen molar-refractivity contribution >= 4 is 34.8 Å². The number of fused-ring (bicyclic) bond motifs is 2. The highest BCUT2D eigenvalue weighted by Gasteiger charge is 2.26. The molecule has 1 aliphatic heterocycles. The molecule has 28 heavy (non-hydrogen) atoms. The van der Waals surface area contributed by atoms with Crippen molar-refractivity contribution in [2.75, 3.05) is 5.73 Å². The van der Waals surface area contributed by atoms with Gasteiger partial charge in [0.25, 0.3) is 5.91 Å². The lowest BCUT2D eigenvalue weighted by molar-refractivity contribution is -0.131. The van der Waals surface area contributed by atoms with E-state index in [1.54, 1.807) is 23.1 Å². The molecule has 0 unspecified atom stereocenters. The van der Waals surface area contributed by atoms with Crippen molar-refractivity contribution in [3.8, 4) is 0 Å². The molecule has 2 aromatic carbocycles. The number of aliphatic carboxylic acids is 1. The van der Waals surface area contributed by atoms with Crippen LogP contribution in [0.5, 0.6) is 0 Å². The van der Waals surface area contributed by atoms with Crippen molar-refractivity contribution in [1.82, 2.24) is 14.9 Å². The van der Waals surface area contributed by atoms with Gasteiger partial charge in [0.1, 0.15) is 5.69 Å². The SMILES string of the molecule is C.Nc1nc(C(=O)N2Cc3ccccc3C2)c2cc(/C=C/C(=O)O)ccc2n1. The van der Waals surface area contributed by atoms with Gasteiger partial charge in [0.15, 0.2) is 0 Å². The number of rotatable bonds is 3. The van der Waals surface area contributed by atoms with Gasteiger partial charge in [-0.3, -0.25) is 4.79 Å². The molecule has 0 spiro atoms. The Labute approximate surface area is 162 Å². The minimum absolute atomic E-state index is 0. The molecular formula is C21H20N4O3. The number of benzene rings is 2. The first-order valence-electron chi connectivity index (χ1n) is 8.35. The smallest absolute Gasteiger partial charge is 0.328 e. The lowest BCUT2D eigenvalue weighted by Gasteiger charge is -2.16. The Bertz CT molecular complexity index is 1080. The standard InChI is InChI=1S/C20H16N4O3.CH4/c21-20-22-16-7-5-12(6-8-17(25)26)9-15(16)18(23-20)19(27)24-10-13-3-1-2-4-14(13)11-24;/h1-9H,10-11H2,(H,25,26)(H2,21,22,23);1H4/b8-6+;. The highest BCUT2D eigenvalue weighted by molar-refractivity contribution is 6.05. The third-order valence-corrected chi connectivity index (χ3v) is 4.49. The van der Waals surface area contributed by atoms with Crippen LogP contribution in [0.3, 0.4) is 0 Å². The molecule has 142 valence electrons. The van der Waals surface area contributed by atoms with Crippen LogP contribution in [0.2, 0.25) is 0 Å². The summed E-state index contributed by atoms with van der Waals surface area (Å²) in [6.45, 7) is 1.03. The summed E-state index contributed by atoms with van der Waals surface area (Å²) >= 11 is 0. The van der Waals surface area contributed by atoms with Crippen LogP contribution in [-0.4, -0.2) is 31.9 Å². The molecule has 2 heterocycles. The van der Waals surface area contributed by atoms with E-state index in [1.165, 1.54) is 6.08 Å². The molecular weight excluding hydrogens is 356 g/mol. The van der Waals surface area contributed by atoms with Crippen molar-refractivity contribution in [2.24, 2.45) is 0 Å². The van der Waals surface area contributed by atoms with Gasteiger partial charge >= 0.3 is 5.97 Å². The average Bonchev–Trinajstić information content (AvgIpc) is 3.09. The number of amides is 1. The lowest BCUT2D eigenvalue weighted by atomic mass is 10.1. The zero-order valence-corrected chi connectivity index (χ0v) is 14.3. The van der Waals surface area contributed by atoms with Gasteiger partial charge in [0.05, 0.1) is 5.52 Å². The first kappa shape index (κ1) is 19.0. The highest BCUT2D eigenvalue weighted by Crippen LogP contribution is 2.26. The predicted molar refractivity (Wildman–Crippen MR) is 107 cm³/mol. The third-order valence-electron chi connectivity index (χ3n) is 4.49. The number of anilines is 1. The summed E-state index contributed by atoms with van der Waals surface area (Å²) in [5.74, 6) is -1.25. The molecule has 0 fully saturated rings. The van der Waals surface area contributed by atoms with Crippen LogP contribution >= 0.6 is 0 Å². The van der Waals surface area contributed by atoms with Crippen molar-refractivity contribution in [1.29, 1.82) is 0 Å². The second kappa shape index (κ2) is 7.48.